The Morgan fingerprint density at radius 2 is 1.58 bits per heavy atom. The Balaban J connectivity index is 1.48. The molecule has 6 rings (SSSR count). The number of amides is 1. The Kier molecular flexibility index (Phi) is 10.5. The molecule has 1 aliphatic heterocycles. The molecule has 1 aliphatic rings. The standard InChI is InChI=1S/C40H43N3O5/c1-27(2)33-22-34(36(47-26-29-13-9-6-10-14-29)23-35(33)46-25-28-11-7-5-8-12-28)39-37(38(42-48-39)40(44)41-18-20-45-4)31-15-16-32-24-43(3)19-17-30(32)21-31/h5-16,21-23,27H,17-20,24-26H2,1-4H3,(H,41,44). The quantitative estimate of drug-likeness (QED) is 0.132. The van der Waals surface area contributed by atoms with Crippen molar-refractivity contribution in [3.63, 3.8) is 0 Å². The smallest absolute Gasteiger partial charge is 0.274 e. The Morgan fingerprint density at radius 1 is 0.896 bits per heavy atom. The molecule has 8 heteroatoms. The molecular weight excluding hydrogens is 602 g/mol. The lowest BCUT2D eigenvalue weighted by Gasteiger charge is -2.25. The highest BCUT2D eigenvalue weighted by Crippen LogP contribution is 2.45. The van der Waals surface area contributed by atoms with E-state index in [0.717, 1.165) is 47.5 Å². The van der Waals surface area contributed by atoms with Gasteiger partial charge in [-0.2, -0.15) is 0 Å². The molecule has 1 amide bonds. The third-order valence-corrected chi connectivity index (χ3v) is 8.65. The third-order valence-electron chi connectivity index (χ3n) is 8.65. The lowest BCUT2D eigenvalue weighted by atomic mass is 9.91. The molecule has 4 aromatic carbocycles. The van der Waals surface area contributed by atoms with Gasteiger partial charge in [0.05, 0.1) is 17.7 Å². The van der Waals surface area contributed by atoms with Gasteiger partial charge in [0.25, 0.3) is 5.91 Å². The summed E-state index contributed by atoms with van der Waals surface area (Å²) in [7, 11) is 3.74. The second-order valence-electron chi connectivity index (χ2n) is 12.5. The molecule has 8 nitrogen and oxygen atoms in total. The minimum Gasteiger partial charge on any atom is -0.488 e. The van der Waals surface area contributed by atoms with Crippen LogP contribution >= 0.6 is 0 Å². The number of aromatic nitrogens is 1. The zero-order chi connectivity index (χ0) is 33.5. The Bertz CT molecular complexity index is 1840. The van der Waals surface area contributed by atoms with Crippen molar-refractivity contribution in [1.29, 1.82) is 0 Å². The van der Waals surface area contributed by atoms with Gasteiger partial charge in [0.2, 0.25) is 0 Å². The Morgan fingerprint density at radius 3 is 2.25 bits per heavy atom. The van der Waals surface area contributed by atoms with Gasteiger partial charge in [-0.1, -0.05) is 97.9 Å². The first-order chi connectivity index (χ1) is 23.4. The number of ether oxygens (including phenoxy) is 3. The molecule has 248 valence electrons. The van der Waals surface area contributed by atoms with Crippen LogP contribution in [0, 0.1) is 0 Å². The fourth-order valence-corrected chi connectivity index (χ4v) is 6.02. The SMILES string of the molecule is COCCNC(=O)c1noc(-c2cc(C(C)C)c(OCc3ccccc3)cc2OCc2ccccc2)c1-c1ccc2c(c1)CCN(C)C2. The summed E-state index contributed by atoms with van der Waals surface area (Å²) in [5, 5.41) is 7.31. The Labute approximate surface area is 282 Å². The zero-order valence-electron chi connectivity index (χ0n) is 28.1. The van der Waals surface area contributed by atoms with Crippen molar-refractivity contribution >= 4 is 5.91 Å². The molecule has 0 saturated carbocycles. The molecule has 1 aromatic heterocycles. The van der Waals surface area contributed by atoms with E-state index in [-0.39, 0.29) is 17.5 Å². The number of hydrogen-bond donors (Lipinski definition) is 1. The van der Waals surface area contributed by atoms with E-state index in [0.29, 0.717) is 49.0 Å². The maximum atomic E-state index is 13.6. The fourth-order valence-electron chi connectivity index (χ4n) is 6.02. The van der Waals surface area contributed by atoms with Crippen LogP contribution in [0.2, 0.25) is 0 Å². The van der Waals surface area contributed by atoms with E-state index in [1.807, 2.05) is 66.7 Å². The van der Waals surface area contributed by atoms with E-state index >= 15 is 0 Å². The molecule has 0 fully saturated rings. The summed E-state index contributed by atoms with van der Waals surface area (Å²) in [4.78, 5) is 15.9. The molecule has 0 radical (unpaired) electrons. The van der Waals surface area contributed by atoms with Crippen molar-refractivity contribution in [2.45, 2.75) is 45.9 Å². The first-order valence-corrected chi connectivity index (χ1v) is 16.5. The van der Waals surface area contributed by atoms with Crippen LogP contribution in [0.15, 0.2) is 95.5 Å². The summed E-state index contributed by atoms with van der Waals surface area (Å²) in [6.45, 7) is 7.62. The maximum absolute atomic E-state index is 13.6. The molecule has 1 N–H and O–H groups in total. The number of hydrogen-bond acceptors (Lipinski definition) is 7. The molecule has 0 unspecified atom stereocenters. The number of likely N-dealkylation sites (N-methyl/N-ethyl adjacent to an activating group) is 1. The fraction of sp³-hybridized carbons (Fsp3) is 0.300. The van der Waals surface area contributed by atoms with E-state index in [1.165, 1.54) is 11.1 Å². The zero-order valence-corrected chi connectivity index (χ0v) is 28.1. The molecule has 0 saturated heterocycles. The van der Waals surface area contributed by atoms with Gasteiger partial charge in [-0.3, -0.25) is 4.79 Å². The van der Waals surface area contributed by atoms with Gasteiger partial charge < -0.3 is 29.0 Å². The number of benzene rings is 4. The van der Waals surface area contributed by atoms with Crippen molar-refractivity contribution in [3.8, 4) is 33.9 Å². The number of rotatable bonds is 13. The Hall–Kier alpha value is -4.92. The van der Waals surface area contributed by atoms with Gasteiger partial charge in [0, 0.05) is 32.8 Å². The van der Waals surface area contributed by atoms with Crippen LogP contribution in [0.4, 0.5) is 0 Å². The number of carbonyl (C=O) groups excluding carboxylic acids is 1. The maximum Gasteiger partial charge on any atom is 0.274 e. The summed E-state index contributed by atoms with van der Waals surface area (Å²) < 4.78 is 24.3. The molecule has 48 heavy (non-hydrogen) atoms. The summed E-state index contributed by atoms with van der Waals surface area (Å²) >= 11 is 0. The van der Waals surface area contributed by atoms with Gasteiger partial charge in [-0.05, 0) is 58.8 Å². The molecule has 0 aliphatic carbocycles. The van der Waals surface area contributed by atoms with Crippen LogP contribution in [0.1, 0.15) is 58.1 Å². The van der Waals surface area contributed by atoms with Crippen molar-refractivity contribution in [2.75, 3.05) is 33.9 Å². The largest absolute Gasteiger partial charge is 0.488 e. The number of methoxy groups -OCH3 is 1. The highest BCUT2D eigenvalue weighted by molar-refractivity contribution is 6.02. The average Bonchev–Trinajstić information content (AvgIpc) is 3.55. The lowest BCUT2D eigenvalue weighted by Crippen LogP contribution is -2.27. The van der Waals surface area contributed by atoms with Gasteiger partial charge in [0.1, 0.15) is 24.7 Å². The van der Waals surface area contributed by atoms with E-state index in [2.05, 4.69) is 60.5 Å². The van der Waals surface area contributed by atoms with Gasteiger partial charge in [-0.15, -0.1) is 0 Å². The van der Waals surface area contributed by atoms with Crippen LogP contribution in [-0.2, 0) is 30.9 Å². The van der Waals surface area contributed by atoms with Crippen molar-refractivity contribution in [3.05, 3.63) is 125 Å². The predicted octanol–water partition coefficient (Wildman–Crippen LogP) is 7.65. The average molecular weight is 646 g/mol. The van der Waals surface area contributed by atoms with Crippen molar-refractivity contribution in [1.82, 2.24) is 15.4 Å². The first kappa shape index (κ1) is 33.0. The van der Waals surface area contributed by atoms with E-state index in [9.17, 15) is 4.79 Å². The molecule has 0 spiro atoms. The van der Waals surface area contributed by atoms with Crippen LogP contribution in [0.3, 0.4) is 0 Å². The minimum absolute atomic E-state index is 0.126. The van der Waals surface area contributed by atoms with Gasteiger partial charge in [0.15, 0.2) is 11.5 Å². The van der Waals surface area contributed by atoms with E-state index in [4.69, 9.17) is 18.7 Å². The highest BCUT2D eigenvalue weighted by Gasteiger charge is 2.29. The molecule has 2 heterocycles. The van der Waals surface area contributed by atoms with Crippen molar-refractivity contribution in [2.24, 2.45) is 0 Å². The monoisotopic (exact) mass is 645 g/mol. The number of fused-ring (bicyclic) bond motifs is 1. The molecular formula is C40H43N3O5. The summed E-state index contributed by atoms with van der Waals surface area (Å²) in [5.74, 6) is 1.58. The summed E-state index contributed by atoms with van der Waals surface area (Å²) in [5.41, 5.74) is 8.06. The second kappa shape index (κ2) is 15.3. The number of nitrogens with zero attached hydrogens (tertiary/aromatic N) is 2. The normalized spacial score (nSPS) is 12.9. The topological polar surface area (TPSA) is 86.1 Å². The minimum atomic E-state index is -0.326. The van der Waals surface area contributed by atoms with Crippen LogP contribution in [-0.4, -0.2) is 49.8 Å². The lowest BCUT2D eigenvalue weighted by molar-refractivity contribution is 0.0928. The molecule has 0 bridgehead atoms. The molecule has 0 atom stereocenters. The van der Waals surface area contributed by atoms with Gasteiger partial charge >= 0.3 is 0 Å². The summed E-state index contributed by atoms with van der Waals surface area (Å²) in [6, 6.07) is 30.5. The number of carbonyl (C=O) groups is 1. The van der Waals surface area contributed by atoms with E-state index < -0.39 is 0 Å². The van der Waals surface area contributed by atoms with Crippen LogP contribution in [0.5, 0.6) is 11.5 Å². The predicted molar refractivity (Wildman–Crippen MR) is 187 cm³/mol. The number of nitrogens with one attached hydrogen (secondary N) is 1. The van der Waals surface area contributed by atoms with E-state index in [1.54, 1.807) is 7.11 Å². The van der Waals surface area contributed by atoms with Gasteiger partial charge in [-0.25, -0.2) is 0 Å². The van der Waals surface area contributed by atoms with Crippen LogP contribution < -0.4 is 14.8 Å². The van der Waals surface area contributed by atoms with Crippen molar-refractivity contribution < 1.29 is 23.5 Å². The molecule has 5 aromatic rings. The summed E-state index contributed by atoms with van der Waals surface area (Å²) in [6.07, 6.45) is 0.923. The first-order valence-electron chi connectivity index (χ1n) is 16.5. The second-order valence-corrected chi connectivity index (χ2v) is 12.5. The highest BCUT2D eigenvalue weighted by atomic mass is 16.5. The van der Waals surface area contributed by atoms with Crippen LogP contribution in [0.25, 0.3) is 22.5 Å². The third kappa shape index (κ3) is 7.62.